The zero-order chi connectivity index (χ0) is 6.99. The van der Waals surface area contributed by atoms with Crippen molar-refractivity contribution < 1.29 is 24.3 Å². The molecule has 0 aromatic rings. The van der Waals surface area contributed by atoms with Crippen LogP contribution in [0.25, 0.3) is 0 Å². The molecule has 8 heavy (non-hydrogen) atoms. The van der Waals surface area contributed by atoms with Crippen molar-refractivity contribution in [2.45, 2.75) is 33.6 Å². The van der Waals surface area contributed by atoms with Gasteiger partial charge in [-0.25, -0.2) is 0 Å². The molecule has 2 heteroatoms. The van der Waals surface area contributed by atoms with Gasteiger partial charge in [0.1, 0.15) is 0 Å². The topological polar surface area (TPSA) is 17.1 Å². The molecule has 1 nitrogen and oxygen atoms in total. The number of rotatable bonds is 2. The van der Waals surface area contributed by atoms with Crippen LogP contribution in [0.1, 0.15) is 33.6 Å². The van der Waals surface area contributed by atoms with Gasteiger partial charge in [-0.2, -0.15) is 19.8 Å². The molecule has 0 aliphatic carbocycles. The molecule has 0 aromatic heterocycles. The Morgan fingerprint density at radius 2 is 1.50 bits per heavy atom. The first kappa shape index (κ1) is 11.4. The Bertz CT molecular complexity index is 35.5. The monoisotopic (exact) mass is 194 g/mol. The van der Waals surface area contributed by atoms with Crippen LogP contribution in [0.4, 0.5) is 0 Å². The van der Waals surface area contributed by atoms with Gasteiger partial charge in [0.2, 0.25) is 0 Å². The molecule has 0 atom stereocenters. The van der Waals surface area contributed by atoms with Crippen LogP contribution in [-0.2, 0) is 24.3 Å². The van der Waals surface area contributed by atoms with E-state index in [1.165, 1.54) is 12.8 Å². The fraction of sp³-hybridized carbons (Fsp3) is 0.833. The van der Waals surface area contributed by atoms with Gasteiger partial charge in [-0.1, -0.05) is 13.8 Å². The fourth-order valence-corrected chi connectivity index (χ4v) is 0.250. The maximum absolute atomic E-state index is 8.30. The third-order valence-electron chi connectivity index (χ3n) is 1.21. The van der Waals surface area contributed by atoms with E-state index in [9.17, 15) is 0 Å². The molecule has 49 valence electrons. The molecule has 0 bridgehead atoms. The van der Waals surface area contributed by atoms with E-state index in [1.807, 2.05) is 0 Å². The second-order valence-corrected chi connectivity index (χ2v) is 1.66. The van der Waals surface area contributed by atoms with Gasteiger partial charge in [0, 0.05) is 0 Å². The van der Waals surface area contributed by atoms with E-state index in [-0.39, 0.29) is 0 Å². The van der Waals surface area contributed by atoms with Crippen LogP contribution in [0.15, 0.2) is 0 Å². The van der Waals surface area contributed by atoms with Gasteiger partial charge >= 0.3 is 24.3 Å². The second kappa shape index (κ2) is 10.5. The average Bonchev–Trinajstić information content (AvgIpc) is 1.91. The van der Waals surface area contributed by atoms with Crippen molar-refractivity contribution in [3.8, 4) is 0 Å². The molecule has 0 aliphatic rings. The molecule has 0 saturated carbocycles. The molecule has 0 aromatic carbocycles. The van der Waals surface area contributed by atoms with Gasteiger partial charge < -0.3 is 5.92 Å². The van der Waals surface area contributed by atoms with Crippen molar-refractivity contribution in [1.29, 1.82) is 0 Å². The molecule has 0 unspecified atom stereocenters. The molecule has 0 heterocycles. The van der Waals surface area contributed by atoms with Crippen LogP contribution in [0, 0.1) is 5.92 Å². The summed E-state index contributed by atoms with van der Waals surface area (Å²) in [5.41, 5.74) is 0. The molecule has 0 amide bonds. The Labute approximate surface area is 64.1 Å². The Balaban J connectivity index is 0. The number of hydrogen-bond donors (Lipinski definition) is 0. The predicted octanol–water partition coefficient (Wildman–Crippen LogP) is 2.28. The zero-order valence-electron chi connectivity index (χ0n) is 5.77. The van der Waals surface area contributed by atoms with Crippen LogP contribution in [0.5, 0.6) is 0 Å². The summed E-state index contributed by atoms with van der Waals surface area (Å²) in [6.45, 7) is 6.58. The third kappa shape index (κ3) is 9.74. The summed E-state index contributed by atoms with van der Waals surface area (Å²) >= 11 is 0.500. The minimum absolute atomic E-state index is 0.500. The Hall–Kier alpha value is 0.540. The van der Waals surface area contributed by atoms with E-state index in [4.69, 9.17) is 3.25 Å². The van der Waals surface area contributed by atoms with E-state index < -0.39 is 0 Å². The first-order valence-electron chi connectivity index (χ1n) is 2.80. The van der Waals surface area contributed by atoms with Gasteiger partial charge in [0.05, 0.1) is 0 Å². The van der Waals surface area contributed by atoms with Gasteiger partial charge in [-0.15, -0.1) is 0 Å². The van der Waals surface area contributed by atoms with E-state index in [1.54, 1.807) is 5.92 Å². The second-order valence-electron chi connectivity index (χ2n) is 1.66. The molecule has 0 saturated heterocycles. The average molecular weight is 194 g/mol. The summed E-state index contributed by atoms with van der Waals surface area (Å²) < 4.78 is 8.30. The summed E-state index contributed by atoms with van der Waals surface area (Å²) in [5.74, 6) is 1.59. The van der Waals surface area contributed by atoms with E-state index >= 15 is 0 Å². The van der Waals surface area contributed by atoms with Crippen molar-refractivity contribution in [2.75, 3.05) is 0 Å². The van der Waals surface area contributed by atoms with Crippen LogP contribution in [0.3, 0.4) is 0 Å². The summed E-state index contributed by atoms with van der Waals surface area (Å²) in [5, 5.41) is 0. The quantitative estimate of drug-likeness (QED) is 0.486. The van der Waals surface area contributed by atoms with Gasteiger partial charge in [0.15, 0.2) is 0 Å². The van der Waals surface area contributed by atoms with Crippen LogP contribution in [0.2, 0.25) is 0 Å². The van der Waals surface area contributed by atoms with E-state index in [0.717, 1.165) is 0 Å². The van der Waals surface area contributed by atoms with Crippen molar-refractivity contribution in [2.24, 2.45) is 0 Å². The Morgan fingerprint density at radius 1 is 1.25 bits per heavy atom. The molecule has 0 radical (unpaired) electrons. The predicted molar refractivity (Wildman–Crippen MR) is 30.2 cm³/mol. The van der Waals surface area contributed by atoms with E-state index in [0.29, 0.717) is 21.0 Å². The molecule has 0 rings (SSSR count). The Kier molecular flexibility index (Phi) is 14.9. The third-order valence-corrected chi connectivity index (χ3v) is 1.21. The van der Waals surface area contributed by atoms with E-state index in [2.05, 4.69) is 20.8 Å². The van der Waals surface area contributed by atoms with Crippen molar-refractivity contribution in [1.82, 2.24) is 0 Å². The van der Waals surface area contributed by atoms with Crippen molar-refractivity contribution in [3.63, 3.8) is 0 Å². The Morgan fingerprint density at radius 3 is 1.50 bits per heavy atom. The van der Waals surface area contributed by atoms with Crippen molar-refractivity contribution in [3.05, 3.63) is 5.92 Å². The summed E-state index contributed by atoms with van der Waals surface area (Å²) in [6.07, 6.45) is 2.49. The zero-order valence-corrected chi connectivity index (χ0v) is 7.97. The summed E-state index contributed by atoms with van der Waals surface area (Å²) in [7, 11) is 0. The van der Waals surface area contributed by atoms with Crippen molar-refractivity contribution >= 4 is 0 Å². The minimum atomic E-state index is 0.500. The number of hydrogen-bond acceptors (Lipinski definition) is 1. The molecule has 0 aliphatic heterocycles. The SMILES string of the molecule is CC[C-](C)CC.[O]=[Nb]. The first-order chi connectivity index (χ1) is 3.81. The maximum atomic E-state index is 8.30. The molecular formula is C6H13NbO-. The standard InChI is InChI=1S/C6H13.Nb.O/c1-4-6(3)5-2;;/h4-5H2,1-3H3;;/q-1;;. The molecule has 0 N–H and O–H groups in total. The van der Waals surface area contributed by atoms with Crippen LogP contribution >= 0.6 is 0 Å². The normalized spacial score (nSPS) is 7.88. The molecule has 0 fully saturated rings. The van der Waals surface area contributed by atoms with Crippen LogP contribution < -0.4 is 0 Å². The molecule has 0 spiro atoms. The summed E-state index contributed by atoms with van der Waals surface area (Å²) in [4.78, 5) is 0. The first-order valence-corrected chi connectivity index (χ1v) is 3.70. The summed E-state index contributed by atoms with van der Waals surface area (Å²) in [6, 6.07) is 0. The fourth-order valence-electron chi connectivity index (χ4n) is 0.250. The van der Waals surface area contributed by atoms with Gasteiger partial charge in [-0.05, 0) is 0 Å². The van der Waals surface area contributed by atoms with Gasteiger partial charge in [-0.3, -0.25) is 0 Å². The van der Waals surface area contributed by atoms with Gasteiger partial charge in [0.25, 0.3) is 0 Å². The van der Waals surface area contributed by atoms with Crippen LogP contribution in [-0.4, -0.2) is 0 Å². The molecular weight excluding hydrogens is 181 g/mol.